The summed E-state index contributed by atoms with van der Waals surface area (Å²) in [5.41, 5.74) is 1.70. The molecule has 3 heterocycles. The first kappa shape index (κ1) is 35.6. The second kappa shape index (κ2) is 13.0. The first-order valence-corrected chi connectivity index (χ1v) is 19.3. The van der Waals surface area contributed by atoms with Crippen LogP contribution in [0.25, 0.3) is 11.2 Å². The Morgan fingerprint density at radius 2 is 1.67 bits per heavy atom. The molecule has 3 aromatic rings. The van der Waals surface area contributed by atoms with E-state index in [-0.39, 0.29) is 34.2 Å². The maximum Gasteiger partial charge on any atom is 0.573 e. The van der Waals surface area contributed by atoms with Crippen LogP contribution < -0.4 is 10.1 Å². The van der Waals surface area contributed by atoms with Crippen LogP contribution in [0.3, 0.4) is 0 Å². The zero-order chi connectivity index (χ0) is 35.2. The van der Waals surface area contributed by atoms with Gasteiger partial charge in [0.15, 0.2) is 14.0 Å². The van der Waals surface area contributed by atoms with Crippen molar-refractivity contribution in [3.8, 4) is 5.75 Å². The highest BCUT2D eigenvalue weighted by Gasteiger charge is 2.43. The number of aromatic nitrogens is 3. The Bertz CT molecular complexity index is 1650. The maximum atomic E-state index is 13.7. The van der Waals surface area contributed by atoms with Crippen molar-refractivity contribution >= 4 is 37.2 Å². The van der Waals surface area contributed by atoms with E-state index in [0.717, 1.165) is 47.5 Å². The van der Waals surface area contributed by atoms with Gasteiger partial charge in [0.1, 0.15) is 22.7 Å². The fourth-order valence-corrected chi connectivity index (χ4v) is 7.32. The van der Waals surface area contributed by atoms with Crippen molar-refractivity contribution < 1.29 is 36.7 Å². The molecule has 0 bridgehead atoms. The second-order valence-corrected chi connectivity index (χ2v) is 20.1. The second-order valence-electron chi connectivity index (χ2n) is 15.3. The number of piperidine rings is 1. The number of hydrogen-bond donors (Lipinski definition) is 2. The van der Waals surface area contributed by atoms with Gasteiger partial charge in [-0.15, -0.1) is 13.2 Å². The third-order valence-electron chi connectivity index (χ3n) is 9.50. The average Bonchev–Trinajstić information content (AvgIpc) is 3.36. The predicted octanol–water partition coefficient (Wildman–Crippen LogP) is 8.49. The fraction of sp³-hybridized carbons (Fsp3) is 0.588. The Hall–Kier alpha value is -3.65. The number of benzene rings is 1. The van der Waals surface area contributed by atoms with E-state index in [1.807, 2.05) is 6.07 Å². The molecule has 1 saturated carbocycles. The number of carbonyl (C=O) groups is 2. The predicted molar refractivity (Wildman–Crippen MR) is 179 cm³/mol. The summed E-state index contributed by atoms with van der Waals surface area (Å²) in [6.07, 6.45) is -0.658. The number of hydrogen-bond acceptors (Lipinski definition) is 7. The zero-order valence-corrected chi connectivity index (χ0v) is 29.9. The summed E-state index contributed by atoms with van der Waals surface area (Å²) in [6.45, 7) is 17.1. The number of pyridine rings is 1. The highest BCUT2D eigenvalue weighted by Crippen LogP contribution is 2.45. The average molecular weight is 690 g/mol. The summed E-state index contributed by atoms with van der Waals surface area (Å²) < 4.78 is 54.7. The molecule has 1 aromatic carbocycles. The topological polar surface area (TPSA) is 119 Å². The van der Waals surface area contributed by atoms with E-state index in [0.29, 0.717) is 25.9 Å². The molecular formula is C34H46F3N5O5Si. The molecule has 1 aliphatic carbocycles. The third kappa shape index (κ3) is 8.31. The number of rotatable bonds is 7. The van der Waals surface area contributed by atoms with Gasteiger partial charge in [0.2, 0.25) is 0 Å². The number of H-pyrrole nitrogens is 1. The third-order valence-corrected chi connectivity index (χ3v) is 14.0. The fourth-order valence-electron chi connectivity index (χ4n) is 5.94. The van der Waals surface area contributed by atoms with Crippen LogP contribution in [0.15, 0.2) is 30.5 Å². The summed E-state index contributed by atoms with van der Waals surface area (Å²) in [5, 5.41) is 2.59. The highest BCUT2D eigenvalue weighted by atomic mass is 28.4. The van der Waals surface area contributed by atoms with E-state index in [9.17, 15) is 22.8 Å². The van der Waals surface area contributed by atoms with Crippen LogP contribution in [0, 0.1) is 0 Å². The Morgan fingerprint density at radius 3 is 2.27 bits per heavy atom. The van der Waals surface area contributed by atoms with Gasteiger partial charge in [0, 0.05) is 37.4 Å². The number of anilines is 1. The van der Waals surface area contributed by atoms with Crippen LogP contribution in [0.4, 0.5) is 23.7 Å². The van der Waals surface area contributed by atoms with E-state index in [1.54, 1.807) is 31.9 Å². The number of nitrogens with one attached hydrogen (secondary N) is 2. The number of nitrogens with zero attached hydrogens (tertiary/aromatic N) is 3. The van der Waals surface area contributed by atoms with E-state index in [1.165, 1.54) is 6.07 Å². The van der Waals surface area contributed by atoms with Crippen molar-refractivity contribution in [1.82, 2.24) is 19.9 Å². The molecule has 14 heteroatoms. The molecule has 2 N–H and O–H groups in total. The Balaban J connectivity index is 1.26. The smallest absolute Gasteiger partial charge is 0.444 e. The van der Waals surface area contributed by atoms with Crippen LogP contribution in [0.2, 0.25) is 18.1 Å². The number of halogens is 3. The summed E-state index contributed by atoms with van der Waals surface area (Å²) in [7, 11) is -1.84. The van der Waals surface area contributed by atoms with Crippen molar-refractivity contribution in [2.45, 2.75) is 115 Å². The lowest BCUT2D eigenvalue weighted by molar-refractivity contribution is -0.274. The summed E-state index contributed by atoms with van der Waals surface area (Å²) in [6, 6.07) is 5.24. The first-order valence-electron chi connectivity index (χ1n) is 16.4. The van der Waals surface area contributed by atoms with Gasteiger partial charge in [-0.2, -0.15) is 0 Å². The van der Waals surface area contributed by atoms with Gasteiger partial charge in [-0.3, -0.25) is 10.1 Å². The van der Waals surface area contributed by atoms with Crippen molar-refractivity contribution in [2.75, 3.05) is 18.4 Å². The minimum absolute atomic E-state index is 0.0356. The molecule has 48 heavy (non-hydrogen) atoms. The van der Waals surface area contributed by atoms with Crippen molar-refractivity contribution in [2.24, 2.45) is 0 Å². The summed E-state index contributed by atoms with van der Waals surface area (Å²) in [5.74, 6) is 0.367. The molecule has 5 rings (SSSR count). The minimum atomic E-state index is -4.94. The summed E-state index contributed by atoms with van der Waals surface area (Å²) in [4.78, 5) is 40.8. The van der Waals surface area contributed by atoms with Gasteiger partial charge in [-0.1, -0.05) is 20.8 Å². The molecule has 0 atom stereocenters. The van der Waals surface area contributed by atoms with Crippen molar-refractivity contribution in [3.63, 3.8) is 0 Å². The minimum Gasteiger partial charge on any atom is -0.444 e. The molecule has 2 aliphatic rings. The van der Waals surface area contributed by atoms with E-state index in [2.05, 4.69) is 53.9 Å². The van der Waals surface area contributed by atoms with E-state index < -0.39 is 38.0 Å². The maximum absolute atomic E-state index is 13.7. The molecule has 1 aliphatic heterocycles. The SMILES string of the molecule is CC(C)(C)OC(=O)Nc1cc(OC(F)(F)F)ccc1C(=O)N1CCC(c2ccnc3[nH]c([C@H]4C[C@H](O[Si](C)(C)C(C)(C)C)C4)nc23)CC1. The number of amides is 2. The number of alkyl halides is 3. The Kier molecular flexibility index (Phi) is 9.65. The lowest BCUT2D eigenvalue weighted by Crippen LogP contribution is -2.47. The zero-order valence-electron chi connectivity index (χ0n) is 28.9. The quantitative estimate of drug-likeness (QED) is 0.239. The first-order chi connectivity index (χ1) is 22.2. The number of aromatic amines is 1. The van der Waals surface area contributed by atoms with Crippen LogP contribution in [-0.2, 0) is 9.16 Å². The van der Waals surface area contributed by atoms with Crippen LogP contribution in [0.5, 0.6) is 5.75 Å². The number of likely N-dealkylation sites (tertiary alicyclic amines) is 1. The van der Waals surface area contributed by atoms with Gasteiger partial charge < -0.3 is 23.8 Å². The van der Waals surface area contributed by atoms with Gasteiger partial charge >= 0.3 is 12.5 Å². The molecule has 0 unspecified atom stereocenters. The van der Waals surface area contributed by atoms with Gasteiger partial charge in [-0.05, 0) is 94.3 Å². The van der Waals surface area contributed by atoms with Crippen molar-refractivity contribution in [1.29, 1.82) is 0 Å². The summed E-state index contributed by atoms with van der Waals surface area (Å²) >= 11 is 0. The standard InChI is InChI=1S/C34H46F3N5O5Si/c1-32(2,3)46-31(44)39-26-19-22(45-34(35,36)37)9-10-25(26)30(43)42-15-12-20(13-16-42)24-11-14-38-29-27(24)40-28(41-29)21-17-23(18-21)47-48(7,8)33(4,5)6/h9-11,14,19-21,23H,12-13,15-18H2,1-8H3,(H,39,44)(H,38,40,41)/t21-,23-. The largest absolute Gasteiger partial charge is 0.573 e. The number of carbonyl (C=O) groups excluding carboxylic acids is 2. The lowest BCUT2D eigenvalue weighted by Gasteiger charge is -2.44. The van der Waals surface area contributed by atoms with Gasteiger partial charge in [-0.25, -0.2) is 14.8 Å². The molecular weight excluding hydrogens is 643 g/mol. The molecule has 2 amide bonds. The monoisotopic (exact) mass is 689 g/mol. The highest BCUT2D eigenvalue weighted by molar-refractivity contribution is 6.74. The Morgan fingerprint density at radius 1 is 1.00 bits per heavy atom. The van der Waals surface area contributed by atoms with E-state index >= 15 is 0 Å². The molecule has 10 nitrogen and oxygen atoms in total. The van der Waals surface area contributed by atoms with Crippen LogP contribution in [-0.4, -0.2) is 71.3 Å². The lowest BCUT2D eigenvalue weighted by atomic mass is 9.82. The molecule has 0 spiro atoms. The Labute approximate surface area is 280 Å². The van der Waals surface area contributed by atoms with Crippen molar-refractivity contribution in [3.05, 3.63) is 47.4 Å². The van der Waals surface area contributed by atoms with Crippen LogP contribution >= 0.6 is 0 Å². The number of imidazole rings is 1. The normalized spacial score (nSPS) is 19.6. The van der Waals surface area contributed by atoms with Gasteiger partial charge in [0.05, 0.1) is 11.3 Å². The van der Waals surface area contributed by atoms with E-state index in [4.69, 9.17) is 14.1 Å². The number of fused-ring (bicyclic) bond motifs is 1. The molecule has 0 radical (unpaired) electrons. The van der Waals surface area contributed by atoms with Crippen LogP contribution in [0.1, 0.15) is 101 Å². The molecule has 2 fully saturated rings. The number of ether oxygens (including phenoxy) is 2. The molecule has 2 aromatic heterocycles. The van der Waals surface area contributed by atoms with Gasteiger partial charge in [0.25, 0.3) is 5.91 Å². The molecule has 1 saturated heterocycles. The molecule has 262 valence electrons.